The van der Waals surface area contributed by atoms with E-state index in [1.165, 1.54) is 15.0 Å². The van der Waals surface area contributed by atoms with Crippen LogP contribution in [0.25, 0.3) is 10.1 Å². The molecule has 0 bridgehead atoms. The van der Waals surface area contributed by atoms with Crippen molar-refractivity contribution in [1.29, 1.82) is 0 Å². The molecule has 1 aromatic heterocycles. The summed E-state index contributed by atoms with van der Waals surface area (Å²) in [7, 11) is 0. The Balaban J connectivity index is 2.86. The highest BCUT2D eigenvalue weighted by Gasteiger charge is 2.08. The molecule has 72 valence electrons. The highest BCUT2D eigenvalue weighted by atomic mass is 32.2. The van der Waals surface area contributed by atoms with E-state index in [9.17, 15) is 4.79 Å². The molecule has 1 nitrogen and oxygen atoms in total. The van der Waals surface area contributed by atoms with Crippen molar-refractivity contribution in [2.75, 3.05) is 6.26 Å². The lowest BCUT2D eigenvalue weighted by molar-refractivity contribution is 0.112. The van der Waals surface area contributed by atoms with Crippen LogP contribution in [-0.2, 0) is 0 Å². The summed E-state index contributed by atoms with van der Waals surface area (Å²) in [6.07, 6.45) is 2.98. The van der Waals surface area contributed by atoms with Gasteiger partial charge in [0.2, 0.25) is 0 Å². The number of carbonyl (C=O) groups excluding carboxylic acids is 1. The van der Waals surface area contributed by atoms with Gasteiger partial charge >= 0.3 is 0 Å². The number of thiophene rings is 1. The van der Waals surface area contributed by atoms with Gasteiger partial charge in [0.25, 0.3) is 0 Å². The van der Waals surface area contributed by atoms with Crippen molar-refractivity contribution in [3.05, 3.63) is 28.6 Å². The zero-order valence-electron chi connectivity index (χ0n) is 8.03. The number of hydrogen-bond donors (Lipinski definition) is 0. The van der Waals surface area contributed by atoms with E-state index in [4.69, 9.17) is 0 Å². The maximum Gasteiger partial charge on any atom is 0.150 e. The third kappa shape index (κ3) is 1.37. The highest BCUT2D eigenvalue weighted by Crippen LogP contribution is 2.34. The van der Waals surface area contributed by atoms with Crippen LogP contribution in [0.4, 0.5) is 0 Å². The molecule has 0 saturated carbocycles. The minimum Gasteiger partial charge on any atom is -0.298 e. The molecule has 2 rings (SSSR count). The predicted molar refractivity (Wildman–Crippen MR) is 63.7 cm³/mol. The molecule has 0 aliphatic rings. The Hall–Kier alpha value is -0.800. The summed E-state index contributed by atoms with van der Waals surface area (Å²) in [5, 5.41) is 3.34. The Kier molecular flexibility index (Phi) is 2.61. The number of benzene rings is 1. The standard InChI is InChI=1S/C11H10OS2/c1-7-8(6-12)5-10(13-2)9-3-4-14-11(7)9/h3-6H,1-2H3. The average Bonchev–Trinajstić information content (AvgIpc) is 2.68. The van der Waals surface area contributed by atoms with Gasteiger partial charge in [0, 0.05) is 20.5 Å². The van der Waals surface area contributed by atoms with Gasteiger partial charge in [0.05, 0.1) is 0 Å². The molecule has 0 spiro atoms. The molecule has 14 heavy (non-hydrogen) atoms. The largest absolute Gasteiger partial charge is 0.298 e. The van der Waals surface area contributed by atoms with Gasteiger partial charge in [0.1, 0.15) is 6.29 Å². The van der Waals surface area contributed by atoms with E-state index in [-0.39, 0.29) is 0 Å². The predicted octanol–water partition coefficient (Wildman–Crippen LogP) is 3.74. The maximum atomic E-state index is 10.9. The van der Waals surface area contributed by atoms with Gasteiger partial charge in [-0.05, 0) is 36.3 Å². The summed E-state index contributed by atoms with van der Waals surface area (Å²) in [6.45, 7) is 2.01. The van der Waals surface area contributed by atoms with Crippen LogP contribution < -0.4 is 0 Å². The topological polar surface area (TPSA) is 17.1 Å². The number of hydrogen-bond acceptors (Lipinski definition) is 3. The van der Waals surface area contributed by atoms with Crippen LogP contribution in [0.3, 0.4) is 0 Å². The summed E-state index contributed by atoms with van der Waals surface area (Å²) >= 11 is 3.39. The minimum absolute atomic E-state index is 0.810. The summed E-state index contributed by atoms with van der Waals surface area (Å²) < 4.78 is 1.24. The summed E-state index contributed by atoms with van der Waals surface area (Å²) in [4.78, 5) is 12.0. The molecule has 1 heterocycles. The lowest BCUT2D eigenvalue weighted by Crippen LogP contribution is -1.87. The monoisotopic (exact) mass is 222 g/mol. The second-order valence-corrected chi connectivity index (χ2v) is 4.84. The lowest BCUT2D eigenvalue weighted by Gasteiger charge is -2.04. The van der Waals surface area contributed by atoms with Gasteiger partial charge in [-0.1, -0.05) is 0 Å². The van der Waals surface area contributed by atoms with Gasteiger partial charge < -0.3 is 0 Å². The fraction of sp³-hybridized carbons (Fsp3) is 0.182. The molecular weight excluding hydrogens is 212 g/mol. The van der Waals surface area contributed by atoms with Gasteiger partial charge in [-0.15, -0.1) is 23.1 Å². The van der Waals surface area contributed by atoms with E-state index in [0.717, 1.165) is 17.4 Å². The van der Waals surface area contributed by atoms with Crippen LogP contribution in [0.1, 0.15) is 15.9 Å². The molecule has 0 amide bonds. The molecular formula is C11H10OS2. The fourth-order valence-corrected chi connectivity index (χ4v) is 3.18. The molecule has 3 heteroatoms. The first-order valence-corrected chi connectivity index (χ1v) is 6.38. The fourth-order valence-electron chi connectivity index (χ4n) is 1.54. The van der Waals surface area contributed by atoms with Crippen molar-refractivity contribution in [2.24, 2.45) is 0 Å². The third-order valence-corrected chi connectivity index (χ3v) is 4.15. The van der Waals surface area contributed by atoms with Crippen molar-refractivity contribution in [2.45, 2.75) is 11.8 Å². The van der Waals surface area contributed by atoms with E-state index in [2.05, 4.69) is 11.4 Å². The minimum atomic E-state index is 0.810. The van der Waals surface area contributed by atoms with Gasteiger partial charge in [-0.3, -0.25) is 4.79 Å². The van der Waals surface area contributed by atoms with Crippen LogP contribution in [0.5, 0.6) is 0 Å². The number of thioether (sulfide) groups is 1. The first-order chi connectivity index (χ1) is 6.77. The molecule has 0 unspecified atom stereocenters. The first kappa shape index (κ1) is 9.74. The summed E-state index contributed by atoms with van der Waals surface area (Å²) in [6, 6.07) is 4.09. The Bertz CT molecular complexity index is 485. The van der Waals surface area contributed by atoms with Gasteiger partial charge in [-0.25, -0.2) is 0 Å². The van der Waals surface area contributed by atoms with E-state index < -0.39 is 0 Å². The summed E-state index contributed by atoms with van der Waals surface area (Å²) in [5.74, 6) is 0. The molecule has 0 aliphatic carbocycles. The van der Waals surface area contributed by atoms with E-state index in [0.29, 0.717) is 0 Å². The Morgan fingerprint density at radius 3 is 2.93 bits per heavy atom. The Morgan fingerprint density at radius 2 is 2.29 bits per heavy atom. The Morgan fingerprint density at radius 1 is 1.50 bits per heavy atom. The zero-order chi connectivity index (χ0) is 10.1. The quantitative estimate of drug-likeness (QED) is 0.568. The molecule has 0 N–H and O–H groups in total. The SMILES string of the molecule is CSc1cc(C=O)c(C)c2sccc12. The van der Waals surface area contributed by atoms with E-state index >= 15 is 0 Å². The zero-order valence-corrected chi connectivity index (χ0v) is 9.67. The van der Waals surface area contributed by atoms with Crippen molar-refractivity contribution >= 4 is 39.5 Å². The van der Waals surface area contributed by atoms with Crippen LogP contribution >= 0.6 is 23.1 Å². The van der Waals surface area contributed by atoms with Gasteiger partial charge in [0.15, 0.2) is 0 Å². The Labute approximate surface area is 91.1 Å². The number of aldehydes is 1. The van der Waals surface area contributed by atoms with Crippen LogP contribution in [0.2, 0.25) is 0 Å². The van der Waals surface area contributed by atoms with Crippen LogP contribution in [0.15, 0.2) is 22.4 Å². The van der Waals surface area contributed by atoms with Crippen molar-refractivity contribution in [3.8, 4) is 0 Å². The molecule has 2 aromatic rings. The van der Waals surface area contributed by atoms with Gasteiger partial charge in [-0.2, -0.15) is 0 Å². The molecule has 0 radical (unpaired) electrons. The second kappa shape index (κ2) is 3.75. The number of fused-ring (bicyclic) bond motifs is 1. The second-order valence-electron chi connectivity index (χ2n) is 3.07. The number of carbonyl (C=O) groups is 1. The molecule has 0 fully saturated rings. The molecule has 1 aromatic carbocycles. The van der Waals surface area contributed by atoms with Crippen molar-refractivity contribution in [1.82, 2.24) is 0 Å². The lowest BCUT2D eigenvalue weighted by atomic mass is 10.1. The first-order valence-electron chi connectivity index (χ1n) is 4.28. The average molecular weight is 222 g/mol. The highest BCUT2D eigenvalue weighted by molar-refractivity contribution is 7.98. The number of aryl methyl sites for hydroxylation is 1. The summed E-state index contributed by atoms with van der Waals surface area (Å²) in [5.41, 5.74) is 1.91. The van der Waals surface area contributed by atoms with Crippen LogP contribution in [-0.4, -0.2) is 12.5 Å². The smallest absolute Gasteiger partial charge is 0.150 e. The molecule has 0 atom stereocenters. The van der Waals surface area contributed by atoms with Crippen molar-refractivity contribution in [3.63, 3.8) is 0 Å². The molecule has 0 saturated heterocycles. The molecule has 0 aliphatic heterocycles. The van der Waals surface area contributed by atoms with Crippen LogP contribution in [0, 0.1) is 6.92 Å². The van der Waals surface area contributed by atoms with E-state index in [1.807, 2.05) is 19.2 Å². The van der Waals surface area contributed by atoms with Crippen molar-refractivity contribution < 1.29 is 4.79 Å². The van der Waals surface area contributed by atoms with E-state index in [1.54, 1.807) is 23.1 Å². The third-order valence-electron chi connectivity index (χ3n) is 2.34. The number of rotatable bonds is 2. The normalized spacial score (nSPS) is 10.7. The maximum absolute atomic E-state index is 10.9.